The van der Waals surface area contributed by atoms with E-state index in [2.05, 4.69) is 0 Å². The fraction of sp³-hybridized carbons (Fsp3) is 0.900. The quantitative estimate of drug-likeness (QED) is 0.640. The Hall–Kier alpha value is -0.910. The Morgan fingerprint density at radius 2 is 2.12 bits per heavy atom. The first kappa shape index (κ1) is 11.6. The Bertz CT molecular complexity index is 314. The number of hydrogen-bond acceptors (Lipinski definition) is 3. The molecule has 0 bridgehead atoms. The summed E-state index contributed by atoms with van der Waals surface area (Å²) in [6, 6.07) is -1.14. The second-order valence-corrected chi connectivity index (χ2v) is 5.08. The van der Waals surface area contributed by atoms with Crippen LogP contribution in [0.15, 0.2) is 0 Å². The first-order valence-electron chi connectivity index (χ1n) is 5.22. The summed E-state index contributed by atoms with van der Waals surface area (Å²) in [5.74, 6) is -2.92. The molecule has 0 radical (unpaired) electrons. The second kappa shape index (κ2) is 3.29. The molecule has 4 nitrogen and oxygen atoms in total. The molecule has 16 heavy (non-hydrogen) atoms. The zero-order valence-electron chi connectivity index (χ0n) is 9.50. The van der Waals surface area contributed by atoms with Gasteiger partial charge in [0, 0.05) is 6.54 Å². The van der Waals surface area contributed by atoms with Gasteiger partial charge in [-0.25, -0.2) is 13.6 Å². The second-order valence-electron chi connectivity index (χ2n) is 5.08. The van der Waals surface area contributed by atoms with E-state index in [-0.39, 0.29) is 13.2 Å². The topological polar surface area (TPSA) is 38.8 Å². The first-order chi connectivity index (χ1) is 7.23. The fourth-order valence-corrected chi connectivity index (χ4v) is 1.80. The third-order valence-corrected chi connectivity index (χ3v) is 2.54. The van der Waals surface area contributed by atoms with E-state index >= 15 is 0 Å². The van der Waals surface area contributed by atoms with Gasteiger partial charge in [-0.15, -0.1) is 0 Å². The molecule has 1 aliphatic heterocycles. The lowest BCUT2D eigenvalue weighted by Gasteiger charge is -2.28. The monoisotopic (exact) mass is 235 g/mol. The van der Waals surface area contributed by atoms with Crippen molar-refractivity contribution in [2.45, 2.75) is 44.4 Å². The molecule has 0 aromatic carbocycles. The van der Waals surface area contributed by atoms with Gasteiger partial charge in [0.15, 0.2) is 0 Å². The summed E-state index contributed by atoms with van der Waals surface area (Å²) < 4.78 is 36.3. The molecule has 0 aromatic rings. The minimum atomic E-state index is -2.92. The van der Waals surface area contributed by atoms with E-state index in [1.54, 1.807) is 20.8 Å². The van der Waals surface area contributed by atoms with Crippen LogP contribution < -0.4 is 0 Å². The average molecular weight is 235 g/mol. The Labute approximate surface area is 92.5 Å². The first-order valence-corrected chi connectivity index (χ1v) is 5.22. The molecule has 2 aliphatic rings. The summed E-state index contributed by atoms with van der Waals surface area (Å²) in [4.78, 5) is 12.7. The van der Waals surface area contributed by atoms with Gasteiger partial charge in [-0.1, -0.05) is 0 Å². The predicted octanol–water partition coefficient (Wildman–Crippen LogP) is 1.64. The van der Waals surface area contributed by atoms with Crippen molar-refractivity contribution >= 4 is 6.09 Å². The Morgan fingerprint density at radius 3 is 2.69 bits per heavy atom. The van der Waals surface area contributed by atoms with Crippen molar-refractivity contribution in [2.75, 3.05) is 13.2 Å². The Kier molecular flexibility index (Phi) is 2.38. The van der Waals surface area contributed by atoms with E-state index in [0.717, 1.165) is 4.90 Å². The van der Waals surface area contributed by atoms with Gasteiger partial charge in [0.2, 0.25) is 0 Å². The van der Waals surface area contributed by atoms with Crippen molar-refractivity contribution < 1.29 is 23.0 Å². The van der Waals surface area contributed by atoms with Gasteiger partial charge in [0.25, 0.3) is 5.92 Å². The van der Waals surface area contributed by atoms with E-state index in [1.807, 2.05) is 0 Å². The summed E-state index contributed by atoms with van der Waals surface area (Å²) in [5.41, 5.74) is -0.672. The highest BCUT2D eigenvalue weighted by Crippen LogP contribution is 2.50. The molecule has 0 unspecified atom stereocenters. The molecule has 1 amide bonds. The number of hydrogen-bond donors (Lipinski definition) is 0. The van der Waals surface area contributed by atoms with Crippen molar-refractivity contribution in [1.29, 1.82) is 0 Å². The lowest BCUT2D eigenvalue weighted by atomic mass is 10.2. The Morgan fingerprint density at radius 1 is 1.50 bits per heavy atom. The van der Waals surface area contributed by atoms with Gasteiger partial charge in [0.1, 0.15) is 17.7 Å². The van der Waals surface area contributed by atoms with Crippen LogP contribution in [0.1, 0.15) is 20.8 Å². The van der Waals surface area contributed by atoms with Crippen LogP contribution in [0.25, 0.3) is 0 Å². The average Bonchev–Trinajstić information content (AvgIpc) is 2.67. The van der Waals surface area contributed by atoms with Crippen molar-refractivity contribution in [3.63, 3.8) is 0 Å². The van der Waals surface area contributed by atoms with Crippen LogP contribution in [0, 0.1) is 0 Å². The minimum Gasteiger partial charge on any atom is -0.444 e. The number of halogens is 2. The molecular formula is C10H15F2NO3. The number of carbonyl (C=O) groups excluding carboxylic acids is 1. The van der Waals surface area contributed by atoms with E-state index in [4.69, 9.17) is 9.47 Å². The summed E-state index contributed by atoms with van der Waals surface area (Å²) >= 11 is 0. The number of fused-ring (bicyclic) bond motifs is 1. The summed E-state index contributed by atoms with van der Waals surface area (Å²) in [6.07, 6.45) is -1.84. The van der Waals surface area contributed by atoms with Gasteiger partial charge >= 0.3 is 6.09 Å². The molecule has 2 rings (SSSR count). The van der Waals surface area contributed by atoms with Crippen LogP contribution >= 0.6 is 0 Å². The number of nitrogens with zero attached hydrogens (tertiary/aromatic N) is 1. The molecule has 1 saturated carbocycles. The molecule has 2 atom stereocenters. The normalized spacial score (nSPS) is 31.9. The molecule has 1 saturated heterocycles. The number of morpholine rings is 1. The highest BCUT2D eigenvalue weighted by molar-refractivity contribution is 5.70. The highest BCUT2D eigenvalue weighted by Gasteiger charge is 2.75. The predicted molar refractivity (Wildman–Crippen MR) is 51.4 cm³/mol. The SMILES string of the molecule is CC(C)(C)OC(=O)N1CCO[C@@H]2[C@H]1C2(F)F. The van der Waals surface area contributed by atoms with Crippen LogP contribution in [-0.4, -0.2) is 47.8 Å². The summed E-state index contributed by atoms with van der Waals surface area (Å²) in [7, 11) is 0. The number of ether oxygens (including phenoxy) is 2. The van der Waals surface area contributed by atoms with Crippen molar-refractivity contribution in [2.24, 2.45) is 0 Å². The maximum absolute atomic E-state index is 13.2. The number of rotatable bonds is 0. The summed E-state index contributed by atoms with van der Waals surface area (Å²) in [5, 5.41) is 0. The maximum atomic E-state index is 13.2. The van der Waals surface area contributed by atoms with Gasteiger partial charge < -0.3 is 9.47 Å². The number of amides is 1. The molecule has 0 aromatic heterocycles. The number of carbonyl (C=O) groups is 1. The van der Waals surface area contributed by atoms with Crippen LogP contribution in [0.5, 0.6) is 0 Å². The molecule has 0 N–H and O–H groups in total. The van der Waals surface area contributed by atoms with E-state index < -0.39 is 29.8 Å². The van der Waals surface area contributed by atoms with Crippen LogP contribution in [0.4, 0.5) is 13.6 Å². The van der Waals surface area contributed by atoms with Crippen molar-refractivity contribution in [3.8, 4) is 0 Å². The van der Waals surface area contributed by atoms with Gasteiger partial charge in [-0.3, -0.25) is 4.90 Å². The minimum absolute atomic E-state index is 0.135. The number of alkyl halides is 2. The van der Waals surface area contributed by atoms with E-state index in [1.165, 1.54) is 0 Å². The lowest BCUT2D eigenvalue weighted by molar-refractivity contribution is -0.0102. The molecular weight excluding hydrogens is 220 g/mol. The maximum Gasteiger partial charge on any atom is 0.410 e. The van der Waals surface area contributed by atoms with Gasteiger partial charge in [0.05, 0.1) is 6.61 Å². The van der Waals surface area contributed by atoms with E-state index in [0.29, 0.717) is 0 Å². The smallest absolute Gasteiger partial charge is 0.410 e. The van der Waals surface area contributed by atoms with E-state index in [9.17, 15) is 13.6 Å². The molecule has 1 aliphatic carbocycles. The molecule has 1 heterocycles. The zero-order chi connectivity index (χ0) is 12.1. The zero-order valence-corrected chi connectivity index (χ0v) is 9.50. The largest absolute Gasteiger partial charge is 0.444 e. The van der Waals surface area contributed by atoms with Gasteiger partial charge in [-0.2, -0.15) is 0 Å². The van der Waals surface area contributed by atoms with Crippen molar-refractivity contribution in [1.82, 2.24) is 4.90 Å². The summed E-state index contributed by atoms with van der Waals surface area (Å²) in [6.45, 7) is 5.40. The lowest BCUT2D eigenvalue weighted by Crippen LogP contribution is -2.44. The van der Waals surface area contributed by atoms with Crippen LogP contribution in [0.2, 0.25) is 0 Å². The van der Waals surface area contributed by atoms with Crippen molar-refractivity contribution in [3.05, 3.63) is 0 Å². The van der Waals surface area contributed by atoms with Crippen LogP contribution in [-0.2, 0) is 9.47 Å². The third kappa shape index (κ3) is 1.86. The standard InChI is InChI=1S/C10H15F2NO3/c1-9(2,3)16-8(14)13-4-5-15-7-6(13)10(7,11)12/h6-7H,4-5H2,1-3H3/t6-,7+/m0/s1. The van der Waals surface area contributed by atoms with Gasteiger partial charge in [-0.05, 0) is 20.8 Å². The molecule has 2 fully saturated rings. The van der Waals surface area contributed by atoms with Crippen LogP contribution in [0.3, 0.4) is 0 Å². The fourth-order valence-electron chi connectivity index (χ4n) is 1.80. The molecule has 0 spiro atoms. The molecule has 6 heteroatoms. The third-order valence-electron chi connectivity index (χ3n) is 2.54. The molecule has 92 valence electrons. The Balaban J connectivity index is 2.02. The highest BCUT2D eigenvalue weighted by atomic mass is 19.3.